The Balaban J connectivity index is 1.77. The molecule has 1 aliphatic heterocycles. The number of carbonyl (C=O) groups excluding carboxylic acids is 1. The fraction of sp³-hybridized carbons (Fsp3) is 0.333. The fourth-order valence-corrected chi connectivity index (χ4v) is 2.17. The van der Waals surface area contributed by atoms with Gasteiger partial charge in [0.1, 0.15) is 5.56 Å². The minimum atomic E-state index is -0.582. The second-order valence-electron chi connectivity index (χ2n) is 4.72. The summed E-state index contributed by atoms with van der Waals surface area (Å²) in [5.41, 5.74) is -1.14. The highest BCUT2D eigenvalue weighted by molar-refractivity contribution is 5.94. The molecule has 1 amide bonds. The molecule has 1 fully saturated rings. The Kier molecular flexibility index (Phi) is 2.78. The van der Waals surface area contributed by atoms with Gasteiger partial charge < -0.3 is 9.88 Å². The van der Waals surface area contributed by atoms with Crippen LogP contribution >= 0.6 is 0 Å². The van der Waals surface area contributed by atoms with Crippen molar-refractivity contribution in [1.82, 2.24) is 24.2 Å². The Hall–Kier alpha value is -2.64. The molecule has 8 heteroatoms. The van der Waals surface area contributed by atoms with E-state index in [4.69, 9.17) is 0 Å². The van der Waals surface area contributed by atoms with Crippen LogP contribution in [0.15, 0.2) is 34.2 Å². The zero-order valence-corrected chi connectivity index (χ0v) is 10.8. The maximum atomic E-state index is 12.2. The smallest absolute Gasteiger partial charge is 0.328 e. The summed E-state index contributed by atoms with van der Waals surface area (Å²) >= 11 is 0. The van der Waals surface area contributed by atoms with E-state index in [1.807, 2.05) is 12.3 Å². The number of amides is 1. The molecular formula is C12H13N5O3. The second-order valence-corrected chi connectivity index (χ2v) is 4.72. The number of rotatable bonds is 2. The van der Waals surface area contributed by atoms with E-state index in [-0.39, 0.29) is 17.5 Å². The van der Waals surface area contributed by atoms with E-state index in [1.165, 1.54) is 13.2 Å². The largest absolute Gasteiger partial charge is 0.334 e. The average Bonchev–Trinajstić information content (AvgIpc) is 2.88. The number of hydrogen-bond donors (Lipinski definition) is 1. The number of aromatic amines is 1. The molecule has 1 aliphatic rings. The van der Waals surface area contributed by atoms with E-state index < -0.39 is 11.2 Å². The van der Waals surface area contributed by atoms with E-state index in [2.05, 4.69) is 10.1 Å². The van der Waals surface area contributed by atoms with Crippen molar-refractivity contribution < 1.29 is 4.79 Å². The second kappa shape index (κ2) is 4.48. The topological polar surface area (TPSA) is 93.0 Å². The third kappa shape index (κ3) is 1.85. The quantitative estimate of drug-likeness (QED) is 0.758. The molecule has 1 saturated heterocycles. The van der Waals surface area contributed by atoms with Gasteiger partial charge in [0.25, 0.3) is 11.5 Å². The van der Waals surface area contributed by atoms with Crippen LogP contribution in [0.25, 0.3) is 0 Å². The van der Waals surface area contributed by atoms with Crippen molar-refractivity contribution in [3.63, 3.8) is 0 Å². The van der Waals surface area contributed by atoms with Gasteiger partial charge in [0.15, 0.2) is 0 Å². The zero-order chi connectivity index (χ0) is 14.3. The van der Waals surface area contributed by atoms with Crippen LogP contribution in [0.4, 0.5) is 0 Å². The first-order chi connectivity index (χ1) is 9.58. The summed E-state index contributed by atoms with van der Waals surface area (Å²) in [6.45, 7) is 1.01. The molecule has 3 heterocycles. The molecule has 0 aliphatic carbocycles. The minimum absolute atomic E-state index is 0.0222. The Labute approximate surface area is 113 Å². The normalized spacial score (nSPS) is 15.2. The fourth-order valence-electron chi connectivity index (χ4n) is 2.17. The molecule has 20 heavy (non-hydrogen) atoms. The highest BCUT2D eigenvalue weighted by Gasteiger charge is 2.33. The van der Waals surface area contributed by atoms with Crippen molar-refractivity contribution in [2.45, 2.75) is 6.04 Å². The maximum Gasteiger partial charge on any atom is 0.328 e. The molecule has 104 valence electrons. The summed E-state index contributed by atoms with van der Waals surface area (Å²) in [4.78, 5) is 39.2. The van der Waals surface area contributed by atoms with E-state index in [0.717, 1.165) is 4.57 Å². The molecular weight excluding hydrogens is 262 g/mol. The van der Waals surface area contributed by atoms with Gasteiger partial charge >= 0.3 is 5.69 Å². The lowest BCUT2D eigenvalue weighted by Gasteiger charge is -2.39. The van der Waals surface area contributed by atoms with E-state index in [1.54, 1.807) is 15.8 Å². The lowest BCUT2D eigenvalue weighted by molar-refractivity contribution is 0.0498. The first-order valence-corrected chi connectivity index (χ1v) is 6.15. The van der Waals surface area contributed by atoms with Crippen molar-refractivity contribution in [2.75, 3.05) is 13.1 Å². The number of likely N-dealkylation sites (tertiary alicyclic amines) is 1. The summed E-state index contributed by atoms with van der Waals surface area (Å²) in [6.07, 6.45) is 4.70. The molecule has 0 bridgehead atoms. The molecule has 0 spiro atoms. The molecule has 8 nitrogen and oxygen atoms in total. The van der Waals surface area contributed by atoms with Crippen LogP contribution in [0.3, 0.4) is 0 Å². The van der Waals surface area contributed by atoms with E-state index in [9.17, 15) is 14.4 Å². The predicted octanol–water partition coefficient (Wildman–Crippen LogP) is -1.03. The van der Waals surface area contributed by atoms with Gasteiger partial charge in [-0.3, -0.25) is 18.8 Å². The number of hydrogen-bond acceptors (Lipinski definition) is 4. The number of aromatic nitrogens is 4. The van der Waals surface area contributed by atoms with Crippen LogP contribution in [-0.4, -0.2) is 43.2 Å². The monoisotopic (exact) mass is 275 g/mol. The number of nitrogens with one attached hydrogen (secondary N) is 1. The van der Waals surface area contributed by atoms with Gasteiger partial charge in [-0.05, 0) is 6.07 Å². The molecule has 0 aromatic carbocycles. The summed E-state index contributed by atoms with van der Waals surface area (Å²) in [5, 5.41) is 4.11. The SMILES string of the molecule is Cn1c(=O)[nH]cc(C(=O)N2CC(n3cccn3)C2)c1=O. The van der Waals surface area contributed by atoms with Crippen LogP contribution in [0.1, 0.15) is 16.4 Å². The Bertz CT molecular complexity index is 752. The van der Waals surface area contributed by atoms with Crippen LogP contribution in [0.2, 0.25) is 0 Å². The first-order valence-electron chi connectivity index (χ1n) is 6.15. The van der Waals surface area contributed by atoms with Crippen molar-refractivity contribution >= 4 is 5.91 Å². The lowest BCUT2D eigenvalue weighted by Crippen LogP contribution is -2.52. The molecule has 1 N–H and O–H groups in total. The minimum Gasteiger partial charge on any atom is -0.334 e. The van der Waals surface area contributed by atoms with E-state index in [0.29, 0.717) is 13.1 Å². The van der Waals surface area contributed by atoms with Gasteiger partial charge in [0.2, 0.25) is 0 Å². The summed E-state index contributed by atoms with van der Waals surface area (Å²) < 4.78 is 2.67. The van der Waals surface area contributed by atoms with Crippen molar-refractivity contribution in [1.29, 1.82) is 0 Å². The van der Waals surface area contributed by atoms with Gasteiger partial charge in [-0.15, -0.1) is 0 Å². The van der Waals surface area contributed by atoms with Gasteiger partial charge in [-0.2, -0.15) is 5.10 Å². The van der Waals surface area contributed by atoms with Crippen LogP contribution in [0.5, 0.6) is 0 Å². The summed E-state index contributed by atoms with van der Waals surface area (Å²) in [6, 6.07) is 1.96. The maximum absolute atomic E-state index is 12.2. The zero-order valence-electron chi connectivity index (χ0n) is 10.8. The van der Waals surface area contributed by atoms with Gasteiger partial charge in [-0.1, -0.05) is 0 Å². The van der Waals surface area contributed by atoms with Crippen molar-refractivity contribution in [3.05, 3.63) is 51.1 Å². The molecule has 3 rings (SSSR count). The van der Waals surface area contributed by atoms with Gasteiger partial charge in [0.05, 0.1) is 6.04 Å². The lowest BCUT2D eigenvalue weighted by atomic mass is 10.1. The predicted molar refractivity (Wildman–Crippen MR) is 69.5 cm³/mol. The summed E-state index contributed by atoms with van der Waals surface area (Å²) in [7, 11) is 1.33. The Morgan fingerprint density at radius 1 is 1.40 bits per heavy atom. The average molecular weight is 275 g/mol. The molecule has 0 unspecified atom stereocenters. The Morgan fingerprint density at radius 3 is 2.80 bits per heavy atom. The van der Waals surface area contributed by atoms with E-state index >= 15 is 0 Å². The van der Waals surface area contributed by atoms with Crippen molar-refractivity contribution in [3.8, 4) is 0 Å². The molecule has 2 aromatic heterocycles. The third-order valence-corrected chi connectivity index (χ3v) is 3.46. The molecule has 0 atom stereocenters. The number of nitrogens with zero attached hydrogens (tertiary/aromatic N) is 4. The molecule has 0 saturated carbocycles. The van der Waals surface area contributed by atoms with Crippen molar-refractivity contribution in [2.24, 2.45) is 7.05 Å². The van der Waals surface area contributed by atoms with Crippen LogP contribution < -0.4 is 11.2 Å². The van der Waals surface area contributed by atoms with Gasteiger partial charge in [-0.25, -0.2) is 4.79 Å². The highest BCUT2D eigenvalue weighted by Crippen LogP contribution is 2.21. The standard InChI is InChI=1S/C12H13N5O3/c1-15-10(18)9(5-13-12(15)20)11(19)16-6-8(7-16)17-4-2-3-14-17/h2-5,8H,6-7H2,1H3,(H,13,20). The first kappa shape index (κ1) is 12.4. The Morgan fingerprint density at radius 2 is 2.15 bits per heavy atom. The number of carbonyl (C=O) groups is 1. The molecule has 0 radical (unpaired) electrons. The number of H-pyrrole nitrogens is 1. The van der Waals surface area contributed by atoms with Gasteiger partial charge in [0, 0.05) is 38.7 Å². The third-order valence-electron chi connectivity index (χ3n) is 3.46. The summed E-state index contributed by atoms with van der Waals surface area (Å²) in [5.74, 6) is -0.370. The molecule has 2 aromatic rings. The van der Waals surface area contributed by atoms with Crippen LogP contribution in [0, 0.1) is 0 Å². The van der Waals surface area contributed by atoms with Crippen LogP contribution in [-0.2, 0) is 7.05 Å². The highest BCUT2D eigenvalue weighted by atomic mass is 16.2.